The quantitative estimate of drug-likeness (QED) is 0.925. The molecule has 0 aromatic heterocycles. The molecule has 1 amide bonds. The van der Waals surface area contributed by atoms with Gasteiger partial charge in [0.25, 0.3) is 0 Å². The molecule has 2 aliphatic rings. The fourth-order valence-corrected chi connectivity index (χ4v) is 2.66. The maximum Gasteiger partial charge on any atom is 0.227 e. The number of carbonyl (C=O) groups is 1. The first-order chi connectivity index (χ1) is 9.24. The van der Waals surface area contributed by atoms with Crippen LogP contribution in [0.1, 0.15) is 24.8 Å². The van der Waals surface area contributed by atoms with Crippen LogP contribution in [0.15, 0.2) is 24.3 Å². The van der Waals surface area contributed by atoms with Crippen molar-refractivity contribution in [2.24, 2.45) is 5.92 Å². The van der Waals surface area contributed by atoms with E-state index in [9.17, 15) is 9.18 Å². The number of carbonyl (C=O) groups excluding carboxylic acids is 1. The number of nitrogens with one attached hydrogen (secondary N) is 1. The molecule has 5 heteroatoms. The van der Waals surface area contributed by atoms with Crippen LogP contribution in [0.4, 0.5) is 4.39 Å². The summed E-state index contributed by atoms with van der Waals surface area (Å²) < 4.78 is 12.9. The number of nitrogens with zero attached hydrogens (tertiary/aromatic N) is 1. The molecule has 1 aliphatic heterocycles. The summed E-state index contributed by atoms with van der Waals surface area (Å²) in [4.78, 5) is 14.5. The van der Waals surface area contributed by atoms with Crippen LogP contribution in [0.2, 0.25) is 0 Å². The number of benzene rings is 1. The van der Waals surface area contributed by atoms with E-state index in [2.05, 4.69) is 5.32 Å². The zero-order valence-electron chi connectivity index (χ0n) is 11.3. The van der Waals surface area contributed by atoms with E-state index < -0.39 is 0 Å². The standard InChI is InChI=1S/C15H19FN2O.ClH/c16-13-3-1-11(2-4-13)10-18(14-5-6-14)15(19)12-7-8-17-9-12;/h1-4,12,14,17H,5-10H2;1H. The average molecular weight is 299 g/mol. The van der Waals surface area contributed by atoms with E-state index in [1.54, 1.807) is 12.1 Å². The average Bonchev–Trinajstić information content (AvgIpc) is 3.11. The van der Waals surface area contributed by atoms with Gasteiger partial charge < -0.3 is 10.2 Å². The van der Waals surface area contributed by atoms with Crippen molar-refractivity contribution in [3.63, 3.8) is 0 Å². The summed E-state index contributed by atoms with van der Waals surface area (Å²) in [7, 11) is 0. The van der Waals surface area contributed by atoms with Crippen molar-refractivity contribution in [1.29, 1.82) is 0 Å². The van der Waals surface area contributed by atoms with Crippen LogP contribution in [-0.2, 0) is 11.3 Å². The summed E-state index contributed by atoms with van der Waals surface area (Å²) >= 11 is 0. The molecule has 0 spiro atoms. The van der Waals surface area contributed by atoms with Gasteiger partial charge in [0.05, 0.1) is 5.92 Å². The lowest BCUT2D eigenvalue weighted by atomic mass is 10.1. The molecule has 1 unspecified atom stereocenters. The first kappa shape index (κ1) is 15.3. The summed E-state index contributed by atoms with van der Waals surface area (Å²) in [6.07, 6.45) is 3.14. The van der Waals surface area contributed by atoms with Crippen LogP contribution >= 0.6 is 12.4 Å². The maximum absolute atomic E-state index is 12.9. The number of amides is 1. The number of hydrogen-bond acceptors (Lipinski definition) is 2. The Morgan fingerprint density at radius 2 is 1.95 bits per heavy atom. The van der Waals surface area contributed by atoms with Crippen molar-refractivity contribution >= 4 is 18.3 Å². The van der Waals surface area contributed by atoms with Crippen LogP contribution in [0.25, 0.3) is 0 Å². The van der Waals surface area contributed by atoms with Gasteiger partial charge in [0, 0.05) is 19.1 Å². The van der Waals surface area contributed by atoms with Crippen LogP contribution < -0.4 is 5.32 Å². The Kier molecular flexibility index (Phi) is 5.00. The third-order valence-corrected chi connectivity index (χ3v) is 3.95. The first-order valence-electron chi connectivity index (χ1n) is 6.99. The lowest BCUT2D eigenvalue weighted by molar-refractivity contribution is -0.136. The van der Waals surface area contributed by atoms with E-state index in [-0.39, 0.29) is 30.0 Å². The lowest BCUT2D eigenvalue weighted by Crippen LogP contribution is -2.38. The Hall–Kier alpha value is -1.13. The number of halogens is 2. The minimum atomic E-state index is -0.229. The molecular weight excluding hydrogens is 279 g/mol. The van der Waals surface area contributed by atoms with Gasteiger partial charge in [0.15, 0.2) is 0 Å². The van der Waals surface area contributed by atoms with E-state index in [1.165, 1.54) is 12.1 Å². The van der Waals surface area contributed by atoms with E-state index >= 15 is 0 Å². The fourth-order valence-electron chi connectivity index (χ4n) is 2.66. The summed E-state index contributed by atoms with van der Waals surface area (Å²) in [6.45, 7) is 2.34. The summed E-state index contributed by atoms with van der Waals surface area (Å²) in [5.74, 6) is 0.158. The van der Waals surface area contributed by atoms with Gasteiger partial charge in [0.2, 0.25) is 5.91 Å². The zero-order chi connectivity index (χ0) is 13.2. The molecule has 2 fully saturated rings. The smallest absolute Gasteiger partial charge is 0.227 e. The predicted octanol–water partition coefficient (Wildman–Crippen LogP) is 2.35. The molecule has 3 rings (SSSR count). The summed E-state index contributed by atoms with van der Waals surface area (Å²) in [5, 5.41) is 3.24. The lowest BCUT2D eigenvalue weighted by Gasteiger charge is -2.25. The third-order valence-electron chi connectivity index (χ3n) is 3.95. The van der Waals surface area contributed by atoms with Crippen molar-refractivity contribution in [2.45, 2.75) is 31.8 Å². The molecular formula is C15H20ClFN2O. The monoisotopic (exact) mass is 298 g/mol. The van der Waals surface area contributed by atoms with Gasteiger partial charge in [-0.15, -0.1) is 12.4 Å². The number of rotatable bonds is 4. The van der Waals surface area contributed by atoms with E-state index in [0.29, 0.717) is 12.6 Å². The molecule has 0 bridgehead atoms. The topological polar surface area (TPSA) is 32.3 Å². The van der Waals surface area contributed by atoms with E-state index in [0.717, 1.165) is 37.9 Å². The summed E-state index contributed by atoms with van der Waals surface area (Å²) in [6, 6.07) is 6.86. The Labute approximate surface area is 124 Å². The molecule has 3 nitrogen and oxygen atoms in total. The normalized spacial score (nSPS) is 21.4. The summed E-state index contributed by atoms with van der Waals surface area (Å²) in [5.41, 5.74) is 1.01. The van der Waals surface area contributed by atoms with Gasteiger partial charge in [-0.25, -0.2) is 4.39 Å². The molecule has 1 heterocycles. The van der Waals surface area contributed by atoms with Crippen molar-refractivity contribution in [3.05, 3.63) is 35.6 Å². The van der Waals surface area contributed by atoms with Crippen molar-refractivity contribution < 1.29 is 9.18 Å². The molecule has 1 saturated heterocycles. The number of hydrogen-bond donors (Lipinski definition) is 1. The highest BCUT2D eigenvalue weighted by Crippen LogP contribution is 2.30. The Morgan fingerprint density at radius 3 is 2.50 bits per heavy atom. The molecule has 1 saturated carbocycles. The van der Waals surface area contributed by atoms with E-state index in [1.807, 2.05) is 4.90 Å². The van der Waals surface area contributed by atoms with Crippen LogP contribution in [0, 0.1) is 11.7 Å². The van der Waals surface area contributed by atoms with Crippen molar-refractivity contribution in [1.82, 2.24) is 10.2 Å². The minimum absolute atomic E-state index is 0. The Balaban J connectivity index is 0.00000147. The fraction of sp³-hybridized carbons (Fsp3) is 0.533. The van der Waals surface area contributed by atoms with Gasteiger partial charge >= 0.3 is 0 Å². The second kappa shape index (κ2) is 6.55. The molecule has 1 aliphatic carbocycles. The third kappa shape index (κ3) is 3.49. The first-order valence-corrected chi connectivity index (χ1v) is 6.99. The Bertz CT molecular complexity index is 455. The second-order valence-electron chi connectivity index (χ2n) is 5.51. The van der Waals surface area contributed by atoms with Crippen LogP contribution in [0.3, 0.4) is 0 Å². The molecule has 20 heavy (non-hydrogen) atoms. The van der Waals surface area contributed by atoms with Gasteiger partial charge in [-0.2, -0.15) is 0 Å². The highest BCUT2D eigenvalue weighted by atomic mass is 35.5. The second-order valence-corrected chi connectivity index (χ2v) is 5.51. The Morgan fingerprint density at radius 1 is 1.25 bits per heavy atom. The van der Waals surface area contributed by atoms with Gasteiger partial charge in [-0.3, -0.25) is 4.79 Å². The van der Waals surface area contributed by atoms with Gasteiger partial charge in [-0.05, 0) is 43.5 Å². The SMILES string of the molecule is Cl.O=C(C1CCNC1)N(Cc1ccc(F)cc1)C1CC1. The predicted molar refractivity (Wildman–Crippen MR) is 78.2 cm³/mol. The highest BCUT2D eigenvalue weighted by molar-refractivity contribution is 5.85. The van der Waals surface area contributed by atoms with Crippen LogP contribution in [0.5, 0.6) is 0 Å². The molecule has 0 radical (unpaired) electrons. The maximum atomic E-state index is 12.9. The van der Waals surface area contributed by atoms with Crippen molar-refractivity contribution in [2.75, 3.05) is 13.1 Å². The largest absolute Gasteiger partial charge is 0.335 e. The zero-order valence-corrected chi connectivity index (χ0v) is 12.2. The molecule has 1 aromatic carbocycles. The minimum Gasteiger partial charge on any atom is -0.335 e. The molecule has 110 valence electrons. The van der Waals surface area contributed by atoms with Gasteiger partial charge in [0.1, 0.15) is 5.82 Å². The molecule has 1 N–H and O–H groups in total. The highest BCUT2D eigenvalue weighted by Gasteiger charge is 2.36. The molecule has 1 aromatic rings. The van der Waals surface area contributed by atoms with E-state index in [4.69, 9.17) is 0 Å². The molecule has 1 atom stereocenters. The van der Waals surface area contributed by atoms with Crippen molar-refractivity contribution in [3.8, 4) is 0 Å². The van der Waals surface area contributed by atoms with Gasteiger partial charge in [-0.1, -0.05) is 12.1 Å². The van der Waals surface area contributed by atoms with Crippen LogP contribution in [-0.4, -0.2) is 29.9 Å².